The summed E-state index contributed by atoms with van der Waals surface area (Å²) >= 11 is 0. The first-order valence-corrected chi connectivity index (χ1v) is 5.57. The first-order valence-electron chi connectivity index (χ1n) is 5.57. The Morgan fingerprint density at radius 1 is 1.50 bits per heavy atom. The van der Waals surface area contributed by atoms with Gasteiger partial charge in [0.15, 0.2) is 0 Å². The molecule has 0 aromatic carbocycles. The summed E-state index contributed by atoms with van der Waals surface area (Å²) < 4.78 is 10.5. The van der Waals surface area contributed by atoms with E-state index in [2.05, 4.69) is 15.3 Å². The van der Waals surface area contributed by atoms with Crippen LogP contribution in [0.4, 0.5) is 5.95 Å². The van der Waals surface area contributed by atoms with Crippen LogP contribution < -0.4 is 10.1 Å². The van der Waals surface area contributed by atoms with E-state index in [1.165, 1.54) is 0 Å². The summed E-state index contributed by atoms with van der Waals surface area (Å²) in [5, 5.41) is 3.26. The van der Waals surface area contributed by atoms with Gasteiger partial charge in [0.25, 0.3) is 0 Å². The van der Waals surface area contributed by atoms with Crippen LogP contribution in [-0.2, 0) is 4.74 Å². The van der Waals surface area contributed by atoms with Gasteiger partial charge in [0.2, 0.25) is 11.8 Å². The minimum Gasteiger partial charge on any atom is -0.478 e. The molecule has 0 atom stereocenters. The van der Waals surface area contributed by atoms with E-state index in [1.54, 1.807) is 19.4 Å². The van der Waals surface area contributed by atoms with Gasteiger partial charge in [0.1, 0.15) is 0 Å². The van der Waals surface area contributed by atoms with Gasteiger partial charge in [-0.25, -0.2) is 4.98 Å². The van der Waals surface area contributed by atoms with E-state index >= 15 is 0 Å². The van der Waals surface area contributed by atoms with Crippen molar-refractivity contribution < 1.29 is 9.47 Å². The van der Waals surface area contributed by atoms with Crippen LogP contribution in [0, 0.1) is 0 Å². The van der Waals surface area contributed by atoms with Crippen molar-refractivity contribution in [2.45, 2.75) is 31.9 Å². The van der Waals surface area contributed by atoms with E-state index in [0.717, 1.165) is 12.8 Å². The van der Waals surface area contributed by atoms with Crippen molar-refractivity contribution in [3.63, 3.8) is 0 Å². The topological polar surface area (TPSA) is 56.3 Å². The average Bonchev–Trinajstić information content (AvgIpc) is 2.24. The van der Waals surface area contributed by atoms with Gasteiger partial charge < -0.3 is 14.8 Å². The SMILES string of the molecule is CCOc1ccnc(NC2CC(OC)C2)n1. The number of nitrogens with one attached hydrogen (secondary N) is 1. The normalized spacial score (nSPS) is 23.6. The second-order valence-electron chi connectivity index (χ2n) is 3.82. The molecule has 88 valence electrons. The molecule has 1 aromatic heterocycles. The molecule has 1 aliphatic rings. The molecule has 1 aliphatic carbocycles. The van der Waals surface area contributed by atoms with Crippen LogP contribution in [0.15, 0.2) is 12.3 Å². The predicted octanol–water partition coefficient (Wildman–Crippen LogP) is 1.46. The van der Waals surface area contributed by atoms with Crippen LogP contribution in [0.1, 0.15) is 19.8 Å². The zero-order chi connectivity index (χ0) is 11.4. The third kappa shape index (κ3) is 2.61. The van der Waals surface area contributed by atoms with Gasteiger partial charge in [0.05, 0.1) is 12.7 Å². The molecule has 5 heteroatoms. The fraction of sp³-hybridized carbons (Fsp3) is 0.636. The lowest BCUT2D eigenvalue weighted by molar-refractivity contribution is 0.0327. The lowest BCUT2D eigenvalue weighted by atomic mass is 9.89. The monoisotopic (exact) mass is 223 g/mol. The number of rotatable bonds is 5. The summed E-state index contributed by atoms with van der Waals surface area (Å²) in [6, 6.07) is 2.18. The van der Waals surface area contributed by atoms with E-state index in [1.807, 2.05) is 6.92 Å². The zero-order valence-electron chi connectivity index (χ0n) is 9.64. The summed E-state index contributed by atoms with van der Waals surface area (Å²) in [5.74, 6) is 1.24. The third-order valence-corrected chi connectivity index (χ3v) is 2.68. The minimum atomic E-state index is 0.382. The Kier molecular flexibility index (Phi) is 3.56. The quantitative estimate of drug-likeness (QED) is 0.819. The molecule has 0 unspecified atom stereocenters. The Hall–Kier alpha value is -1.36. The molecule has 0 aliphatic heterocycles. The fourth-order valence-electron chi connectivity index (χ4n) is 1.70. The molecule has 1 aromatic rings. The van der Waals surface area contributed by atoms with Gasteiger partial charge in [-0.3, -0.25) is 0 Å². The smallest absolute Gasteiger partial charge is 0.226 e. The second kappa shape index (κ2) is 5.12. The van der Waals surface area contributed by atoms with Crippen LogP contribution >= 0.6 is 0 Å². The maximum absolute atomic E-state index is 5.31. The highest BCUT2D eigenvalue weighted by molar-refractivity contribution is 5.30. The van der Waals surface area contributed by atoms with E-state index in [9.17, 15) is 0 Å². The standard InChI is InChI=1S/C11H17N3O2/c1-3-16-10-4-5-12-11(14-10)13-8-6-9(7-8)15-2/h4-5,8-9H,3,6-7H2,1-2H3,(H,12,13,14). The van der Waals surface area contributed by atoms with Crippen molar-refractivity contribution in [1.29, 1.82) is 0 Å². The van der Waals surface area contributed by atoms with E-state index in [-0.39, 0.29) is 0 Å². The van der Waals surface area contributed by atoms with Crippen LogP contribution in [0.2, 0.25) is 0 Å². The average molecular weight is 223 g/mol. The molecule has 0 saturated heterocycles. The van der Waals surface area contributed by atoms with Gasteiger partial charge in [-0.1, -0.05) is 0 Å². The van der Waals surface area contributed by atoms with Gasteiger partial charge in [-0.15, -0.1) is 0 Å². The predicted molar refractivity (Wildman–Crippen MR) is 60.6 cm³/mol. The Bertz CT molecular complexity index is 340. The first kappa shape index (κ1) is 11.1. The molecule has 1 fully saturated rings. The molecule has 0 radical (unpaired) electrons. The highest BCUT2D eigenvalue weighted by atomic mass is 16.5. The number of hydrogen-bond acceptors (Lipinski definition) is 5. The molecule has 0 spiro atoms. The first-order chi connectivity index (χ1) is 7.81. The molecular formula is C11H17N3O2. The van der Waals surface area contributed by atoms with E-state index in [0.29, 0.717) is 30.6 Å². The van der Waals surface area contributed by atoms with Crippen LogP contribution in [-0.4, -0.2) is 35.8 Å². The highest BCUT2D eigenvalue weighted by Crippen LogP contribution is 2.25. The van der Waals surface area contributed by atoms with Gasteiger partial charge in [0, 0.05) is 25.4 Å². The summed E-state index contributed by atoms with van der Waals surface area (Å²) in [7, 11) is 1.74. The number of ether oxygens (including phenoxy) is 2. The van der Waals surface area contributed by atoms with Gasteiger partial charge >= 0.3 is 0 Å². The Morgan fingerprint density at radius 2 is 2.31 bits per heavy atom. The summed E-state index contributed by atoms with van der Waals surface area (Å²) in [6.45, 7) is 2.55. The maximum Gasteiger partial charge on any atom is 0.226 e. The Morgan fingerprint density at radius 3 is 3.00 bits per heavy atom. The van der Waals surface area contributed by atoms with Gasteiger partial charge in [-0.2, -0.15) is 4.98 Å². The van der Waals surface area contributed by atoms with E-state index < -0.39 is 0 Å². The molecule has 0 amide bonds. The summed E-state index contributed by atoms with van der Waals surface area (Å²) in [4.78, 5) is 8.40. The highest BCUT2D eigenvalue weighted by Gasteiger charge is 2.29. The number of nitrogens with zero attached hydrogens (tertiary/aromatic N) is 2. The summed E-state index contributed by atoms with van der Waals surface area (Å²) in [5.41, 5.74) is 0. The fourth-order valence-corrected chi connectivity index (χ4v) is 1.70. The Balaban J connectivity index is 1.87. The zero-order valence-corrected chi connectivity index (χ0v) is 9.64. The number of anilines is 1. The second-order valence-corrected chi connectivity index (χ2v) is 3.82. The lowest BCUT2D eigenvalue weighted by Gasteiger charge is -2.34. The van der Waals surface area contributed by atoms with Crippen LogP contribution in [0.3, 0.4) is 0 Å². The molecule has 2 rings (SSSR count). The number of aromatic nitrogens is 2. The number of methoxy groups -OCH3 is 1. The van der Waals surface area contributed by atoms with Crippen molar-refractivity contribution in [3.8, 4) is 5.88 Å². The minimum absolute atomic E-state index is 0.382. The molecule has 0 bridgehead atoms. The van der Waals surface area contributed by atoms with Crippen molar-refractivity contribution in [1.82, 2.24) is 9.97 Å². The summed E-state index contributed by atoms with van der Waals surface area (Å²) in [6.07, 6.45) is 4.11. The van der Waals surface area contributed by atoms with Crippen molar-refractivity contribution >= 4 is 5.95 Å². The molecule has 5 nitrogen and oxygen atoms in total. The van der Waals surface area contributed by atoms with Crippen LogP contribution in [0.5, 0.6) is 5.88 Å². The van der Waals surface area contributed by atoms with Crippen molar-refractivity contribution in [3.05, 3.63) is 12.3 Å². The van der Waals surface area contributed by atoms with Crippen molar-refractivity contribution in [2.75, 3.05) is 19.0 Å². The molecule has 1 N–H and O–H groups in total. The van der Waals surface area contributed by atoms with E-state index in [4.69, 9.17) is 9.47 Å². The molecule has 1 saturated carbocycles. The maximum atomic E-state index is 5.31. The largest absolute Gasteiger partial charge is 0.478 e. The number of hydrogen-bond donors (Lipinski definition) is 1. The molecule has 1 heterocycles. The van der Waals surface area contributed by atoms with Crippen molar-refractivity contribution in [2.24, 2.45) is 0 Å². The molecular weight excluding hydrogens is 206 g/mol. The lowest BCUT2D eigenvalue weighted by Crippen LogP contribution is -2.40. The third-order valence-electron chi connectivity index (χ3n) is 2.68. The molecule has 16 heavy (non-hydrogen) atoms. The van der Waals surface area contributed by atoms with Crippen LogP contribution in [0.25, 0.3) is 0 Å². The Labute approximate surface area is 95.2 Å². The van der Waals surface area contributed by atoms with Gasteiger partial charge in [-0.05, 0) is 19.8 Å².